The second kappa shape index (κ2) is 5.82. The standard InChI is InChI=1S/C18H22N2O5/c1-17(2)8-12-10(13(21)9-17)7-11(14(22)19-12)15(23)20-18(16(24)25)5-3-4-6-18/h7H,3-6,8-9H2,1-2H3,(H,19,22)(H,20,23)(H,24,25). The van der Waals surface area contributed by atoms with E-state index in [4.69, 9.17) is 0 Å². The van der Waals surface area contributed by atoms with E-state index in [0.717, 1.165) is 0 Å². The Labute approximate surface area is 144 Å². The van der Waals surface area contributed by atoms with Crippen molar-refractivity contribution in [3.05, 3.63) is 33.2 Å². The largest absolute Gasteiger partial charge is 0.480 e. The summed E-state index contributed by atoms with van der Waals surface area (Å²) in [5.74, 6) is -1.96. The molecule has 0 bridgehead atoms. The molecule has 25 heavy (non-hydrogen) atoms. The van der Waals surface area contributed by atoms with Crippen molar-refractivity contribution in [1.82, 2.24) is 10.3 Å². The van der Waals surface area contributed by atoms with Crippen LogP contribution in [-0.4, -0.2) is 33.3 Å². The topological polar surface area (TPSA) is 116 Å². The fourth-order valence-electron chi connectivity index (χ4n) is 3.85. The molecule has 0 aromatic carbocycles. The molecule has 0 atom stereocenters. The van der Waals surface area contributed by atoms with Crippen LogP contribution in [0.1, 0.15) is 72.4 Å². The Morgan fingerprint density at radius 2 is 1.80 bits per heavy atom. The zero-order valence-corrected chi connectivity index (χ0v) is 14.4. The average molecular weight is 346 g/mol. The first-order valence-electron chi connectivity index (χ1n) is 8.49. The van der Waals surface area contributed by atoms with E-state index in [0.29, 0.717) is 49.8 Å². The molecule has 1 heterocycles. The number of nitrogens with one attached hydrogen (secondary N) is 2. The molecular weight excluding hydrogens is 324 g/mol. The highest BCUT2D eigenvalue weighted by atomic mass is 16.4. The van der Waals surface area contributed by atoms with Gasteiger partial charge < -0.3 is 15.4 Å². The highest BCUT2D eigenvalue weighted by Crippen LogP contribution is 2.34. The van der Waals surface area contributed by atoms with E-state index in [-0.39, 0.29) is 16.8 Å². The number of hydrogen-bond acceptors (Lipinski definition) is 4. The molecule has 2 aliphatic rings. The van der Waals surface area contributed by atoms with E-state index in [1.165, 1.54) is 6.07 Å². The normalized spacial score (nSPS) is 20.8. The van der Waals surface area contributed by atoms with Gasteiger partial charge in [0.1, 0.15) is 11.1 Å². The minimum atomic E-state index is -1.33. The average Bonchev–Trinajstić information content (AvgIpc) is 2.95. The van der Waals surface area contributed by atoms with Crippen molar-refractivity contribution >= 4 is 17.7 Å². The lowest BCUT2D eigenvalue weighted by Crippen LogP contribution is -2.53. The van der Waals surface area contributed by atoms with E-state index < -0.39 is 23.0 Å². The quantitative estimate of drug-likeness (QED) is 0.769. The van der Waals surface area contributed by atoms with Crippen molar-refractivity contribution in [3.63, 3.8) is 0 Å². The number of carboxylic acid groups (broad SMARTS) is 1. The van der Waals surface area contributed by atoms with Gasteiger partial charge in [-0.1, -0.05) is 26.7 Å². The lowest BCUT2D eigenvalue weighted by molar-refractivity contribution is -0.144. The molecule has 1 fully saturated rings. The molecule has 3 N–H and O–H groups in total. The Kier molecular flexibility index (Phi) is 4.05. The van der Waals surface area contributed by atoms with Gasteiger partial charge in [-0.15, -0.1) is 0 Å². The predicted molar refractivity (Wildman–Crippen MR) is 89.8 cm³/mol. The van der Waals surface area contributed by atoms with Crippen LogP contribution in [0.5, 0.6) is 0 Å². The van der Waals surface area contributed by atoms with E-state index >= 15 is 0 Å². The van der Waals surface area contributed by atoms with Crippen molar-refractivity contribution in [1.29, 1.82) is 0 Å². The summed E-state index contributed by atoms with van der Waals surface area (Å²) in [6, 6.07) is 1.31. The molecule has 1 aromatic rings. The summed E-state index contributed by atoms with van der Waals surface area (Å²) in [5, 5.41) is 12.0. The van der Waals surface area contributed by atoms with Gasteiger partial charge in [0, 0.05) is 17.7 Å². The Hall–Kier alpha value is -2.44. The third-order valence-electron chi connectivity index (χ3n) is 5.18. The molecule has 0 unspecified atom stereocenters. The maximum atomic E-state index is 12.5. The predicted octanol–water partition coefficient (Wildman–Crippen LogP) is 1.66. The third kappa shape index (κ3) is 3.10. The van der Waals surface area contributed by atoms with Crippen LogP contribution in [0.2, 0.25) is 0 Å². The summed E-state index contributed by atoms with van der Waals surface area (Å²) in [7, 11) is 0. The smallest absolute Gasteiger partial charge is 0.329 e. The monoisotopic (exact) mass is 346 g/mol. The van der Waals surface area contributed by atoms with Crippen molar-refractivity contribution in [2.45, 2.75) is 57.9 Å². The Morgan fingerprint density at radius 1 is 1.16 bits per heavy atom. The number of ketones is 1. The number of aromatic amines is 1. The maximum Gasteiger partial charge on any atom is 0.329 e. The number of amides is 1. The Bertz CT molecular complexity index is 815. The summed E-state index contributed by atoms with van der Waals surface area (Å²) in [6.45, 7) is 3.90. The summed E-state index contributed by atoms with van der Waals surface area (Å²) < 4.78 is 0. The number of pyridine rings is 1. The maximum absolute atomic E-state index is 12.5. The molecule has 0 radical (unpaired) electrons. The van der Waals surface area contributed by atoms with Gasteiger partial charge in [-0.25, -0.2) is 4.79 Å². The molecule has 3 rings (SSSR count). The molecule has 2 aliphatic carbocycles. The SMILES string of the molecule is CC1(C)CC(=O)c2cc(C(=O)NC3(C(=O)O)CCCC3)c(=O)[nH]c2C1. The van der Waals surface area contributed by atoms with Gasteiger partial charge in [0.25, 0.3) is 11.5 Å². The molecule has 1 saturated carbocycles. The second-order valence-corrected chi connectivity index (χ2v) is 7.89. The van der Waals surface area contributed by atoms with Crippen LogP contribution in [0.4, 0.5) is 0 Å². The number of carbonyl (C=O) groups excluding carboxylic acids is 2. The van der Waals surface area contributed by atoms with Crippen LogP contribution in [0.25, 0.3) is 0 Å². The van der Waals surface area contributed by atoms with Crippen LogP contribution in [0.15, 0.2) is 10.9 Å². The van der Waals surface area contributed by atoms with Gasteiger partial charge in [0.05, 0.1) is 0 Å². The number of fused-ring (bicyclic) bond motifs is 1. The molecule has 1 aromatic heterocycles. The first-order chi connectivity index (χ1) is 11.6. The Balaban J connectivity index is 1.95. The number of Topliss-reactive ketones (excluding diaryl/α,β-unsaturated/α-hetero) is 1. The molecule has 0 aliphatic heterocycles. The molecule has 7 heteroatoms. The summed E-state index contributed by atoms with van der Waals surface area (Å²) in [6.07, 6.45) is 2.98. The number of aliphatic carboxylic acids is 1. The van der Waals surface area contributed by atoms with Gasteiger partial charge >= 0.3 is 5.97 Å². The molecule has 0 saturated heterocycles. The van der Waals surface area contributed by atoms with Crippen LogP contribution < -0.4 is 10.9 Å². The Morgan fingerprint density at radius 3 is 2.40 bits per heavy atom. The van der Waals surface area contributed by atoms with Crippen molar-refractivity contribution in [2.24, 2.45) is 5.41 Å². The number of carbonyl (C=O) groups is 3. The minimum absolute atomic E-state index is 0.120. The van der Waals surface area contributed by atoms with Crippen molar-refractivity contribution in [3.8, 4) is 0 Å². The number of hydrogen-bond donors (Lipinski definition) is 3. The molecular formula is C18H22N2O5. The number of aromatic nitrogens is 1. The lowest BCUT2D eigenvalue weighted by Gasteiger charge is -2.30. The van der Waals surface area contributed by atoms with Crippen LogP contribution in [0.3, 0.4) is 0 Å². The number of H-pyrrole nitrogens is 1. The third-order valence-corrected chi connectivity index (χ3v) is 5.18. The van der Waals surface area contributed by atoms with E-state index in [9.17, 15) is 24.3 Å². The zero-order chi connectivity index (χ0) is 18.4. The van der Waals surface area contributed by atoms with Gasteiger partial charge in [-0.2, -0.15) is 0 Å². The van der Waals surface area contributed by atoms with E-state index in [1.54, 1.807) is 0 Å². The van der Waals surface area contributed by atoms with Crippen LogP contribution in [-0.2, 0) is 11.2 Å². The van der Waals surface area contributed by atoms with Gasteiger partial charge in [-0.3, -0.25) is 14.4 Å². The van der Waals surface area contributed by atoms with Crippen molar-refractivity contribution < 1.29 is 19.5 Å². The second-order valence-electron chi connectivity index (χ2n) is 7.89. The van der Waals surface area contributed by atoms with Gasteiger partial charge in [0.2, 0.25) is 0 Å². The number of carboxylic acids is 1. The van der Waals surface area contributed by atoms with Crippen LogP contribution in [0, 0.1) is 5.41 Å². The first-order valence-corrected chi connectivity index (χ1v) is 8.49. The molecule has 134 valence electrons. The fourth-order valence-corrected chi connectivity index (χ4v) is 3.85. The molecule has 0 spiro atoms. The first kappa shape index (κ1) is 17.4. The van der Waals surface area contributed by atoms with Crippen molar-refractivity contribution in [2.75, 3.05) is 0 Å². The van der Waals surface area contributed by atoms with E-state index in [1.807, 2.05) is 13.8 Å². The highest BCUT2D eigenvalue weighted by molar-refractivity contribution is 6.03. The van der Waals surface area contributed by atoms with Crippen LogP contribution >= 0.6 is 0 Å². The molecule has 1 amide bonds. The minimum Gasteiger partial charge on any atom is -0.480 e. The summed E-state index contributed by atoms with van der Waals surface area (Å²) in [4.78, 5) is 51.4. The highest BCUT2D eigenvalue weighted by Gasteiger charge is 2.43. The summed E-state index contributed by atoms with van der Waals surface area (Å²) in [5.41, 5.74) is -1.49. The van der Waals surface area contributed by atoms with Gasteiger partial charge in [-0.05, 0) is 30.7 Å². The van der Waals surface area contributed by atoms with Gasteiger partial charge in [0.15, 0.2) is 5.78 Å². The zero-order valence-electron chi connectivity index (χ0n) is 14.4. The summed E-state index contributed by atoms with van der Waals surface area (Å²) >= 11 is 0. The lowest BCUT2D eigenvalue weighted by atomic mass is 9.75. The number of rotatable bonds is 3. The fraction of sp³-hybridized carbons (Fsp3) is 0.556. The molecule has 7 nitrogen and oxygen atoms in total. The van der Waals surface area contributed by atoms with E-state index in [2.05, 4.69) is 10.3 Å².